The third kappa shape index (κ3) is 4.69. The lowest BCUT2D eigenvalue weighted by Gasteiger charge is -2.56. The van der Waals surface area contributed by atoms with E-state index >= 15 is 0 Å². The number of rotatable bonds is 10. The average molecular weight is 543 g/mol. The van der Waals surface area contributed by atoms with Gasteiger partial charge in [0.05, 0.1) is 19.8 Å². The van der Waals surface area contributed by atoms with E-state index in [0.717, 1.165) is 31.4 Å². The Morgan fingerprint density at radius 1 is 1.02 bits per heavy atom. The van der Waals surface area contributed by atoms with Gasteiger partial charge in [0.1, 0.15) is 18.0 Å². The molecule has 0 amide bonds. The monoisotopic (exact) mass is 542 g/mol. The SMILES string of the molecule is C#CC(=O)[C@]1(O)CC[C@H]2[C@@H]3CCc4cc(OCCOCCOC)ccc4C3[C@@H](c3ccc(C4CC4)cc3)C[C@@]21C. The Bertz CT molecular complexity index is 1270. The molecule has 6 atom stereocenters. The Morgan fingerprint density at radius 3 is 2.50 bits per heavy atom. The van der Waals surface area contributed by atoms with Crippen LogP contribution >= 0.6 is 0 Å². The van der Waals surface area contributed by atoms with Crippen molar-refractivity contribution in [2.24, 2.45) is 17.3 Å². The highest BCUT2D eigenvalue weighted by atomic mass is 16.5. The van der Waals surface area contributed by atoms with Gasteiger partial charge in [-0.2, -0.15) is 0 Å². The number of hydrogen-bond acceptors (Lipinski definition) is 5. The molecule has 0 aliphatic heterocycles. The number of carbonyl (C=O) groups excluding carboxylic acids is 1. The van der Waals surface area contributed by atoms with Crippen molar-refractivity contribution in [3.8, 4) is 18.1 Å². The number of benzene rings is 2. The Balaban J connectivity index is 1.31. The highest BCUT2D eigenvalue weighted by molar-refractivity contribution is 6.02. The quantitative estimate of drug-likeness (QED) is 0.234. The van der Waals surface area contributed by atoms with Gasteiger partial charge in [-0.3, -0.25) is 4.79 Å². The zero-order chi connectivity index (χ0) is 27.9. The van der Waals surface area contributed by atoms with Crippen LogP contribution in [0.15, 0.2) is 42.5 Å². The molecular formula is C35H42O5. The van der Waals surface area contributed by atoms with Gasteiger partial charge in [0.2, 0.25) is 5.78 Å². The average Bonchev–Trinajstić information content (AvgIpc) is 3.79. The van der Waals surface area contributed by atoms with Gasteiger partial charge in [0.25, 0.3) is 0 Å². The molecule has 2 aromatic rings. The lowest BCUT2D eigenvalue weighted by Crippen LogP contribution is -2.56. The molecule has 1 unspecified atom stereocenters. The largest absolute Gasteiger partial charge is 0.491 e. The summed E-state index contributed by atoms with van der Waals surface area (Å²) in [5, 5.41) is 11.9. The van der Waals surface area contributed by atoms with Crippen molar-refractivity contribution >= 4 is 5.78 Å². The molecule has 0 spiro atoms. The third-order valence-electron chi connectivity index (χ3n) is 10.7. The molecule has 4 aliphatic rings. The van der Waals surface area contributed by atoms with Gasteiger partial charge in [0, 0.05) is 12.5 Å². The summed E-state index contributed by atoms with van der Waals surface area (Å²) in [5.74, 6) is 4.63. The molecule has 5 heteroatoms. The fourth-order valence-corrected chi connectivity index (χ4v) is 8.49. The first-order valence-electron chi connectivity index (χ1n) is 15.0. The van der Waals surface area contributed by atoms with Crippen LogP contribution in [0.2, 0.25) is 0 Å². The number of aryl methyl sites for hydroxylation is 1. The van der Waals surface area contributed by atoms with E-state index in [9.17, 15) is 9.90 Å². The first-order chi connectivity index (χ1) is 19.4. The normalized spacial score (nSPS) is 32.5. The van der Waals surface area contributed by atoms with Crippen LogP contribution < -0.4 is 4.74 Å². The zero-order valence-corrected chi connectivity index (χ0v) is 23.9. The van der Waals surface area contributed by atoms with E-state index in [1.54, 1.807) is 7.11 Å². The molecule has 2 aromatic carbocycles. The highest BCUT2D eigenvalue weighted by Gasteiger charge is 2.66. The second-order valence-corrected chi connectivity index (χ2v) is 12.7. The van der Waals surface area contributed by atoms with Crippen LogP contribution in [0.5, 0.6) is 5.75 Å². The predicted molar refractivity (Wildman–Crippen MR) is 155 cm³/mol. The second-order valence-electron chi connectivity index (χ2n) is 12.7. The fourth-order valence-electron chi connectivity index (χ4n) is 8.49. The summed E-state index contributed by atoms with van der Waals surface area (Å²) in [6.45, 7) is 4.33. The van der Waals surface area contributed by atoms with Crippen LogP contribution in [0.1, 0.15) is 85.5 Å². The van der Waals surface area contributed by atoms with Gasteiger partial charge in [-0.25, -0.2) is 0 Å². The van der Waals surface area contributed by atoms with Gasteiger partial charge in [0.15, 0.2) is 0 Å². The molecule has 6 rings (SSSR count). The smallest absolute Gasteiger partial charge is 0.237 e. The van der Waals surface area contributed by atoms with Crippen LogP contribution in [0.3, 0.4) is 0 Å². The van der Waals surface area contributed by atoms with E-state index in [0.29, 0.717) is 50.6 Å². The topological polar surface area (TPSA) is 65.0 Å². The van der Waals surface area contributed by atoms with Crippen molar-refractivity contribution in [3.63, 3.8) is 0 Å². The number of hydrogen-bond donors (Lipinski definition) is 1. The third-order valence-corrected chi connectivity index (χ3v) is 10.7. The molecule has 40 heavy (non-hydrogen) atoms. The number of ketones is 1. The summed E-state index contributed by atoms with van der Waals surface area (Å²) in [5.41, 5.74) is 3.50. The molecule has 0 heterocycles. The Hall–Kier alpha value is -2.65. The number of methoxy groups -OCH3 is 1. The maximum Gasteiger partial charge on any atom is 0.237 e. The van der Waals surface area contributed by atoms with Gasteiger partial charge in [-0.1, -0.05) is 37.3 Å². The Morgan fingerprint density at radius 2 is 1.77 bits per heavy atom. The number of carbonyl (C=O) groups is 1. The van der Waals surface area contributed by atoms with Crippen molar-refractivity contribution in [1.82, 2.24) is 0 Å². The summed E-state index contributed by atoms with van der Waals surface area (Å²) in [6.07, 6.45) is 12.2. The summed E-state index contributed by atoms with van der Waals surface area (Å²) >= 11 is 0. The van der Waals surface area contributed by atoms with E-state index in [2.05, 4.69) is 55.3 Å². The fraction of sp³-hybridized carbons (Fsp3) is 0.571. The molecule has 212 valence electrons. The molecule has 0 radical (unpaired) electrons. The number of Topliss-reactive ketones (excluding diaryl/α,β-unsaturated/α-hetero) is 1. The summed E-state index contributed by atoms with van der Waals surface area (Å²) in [6, 6.07) is 15.8. The van der Waals surface area contributed by atoms with Gasteiger partial charge >= 0.3 is 0 Å². The first kappa shape index (κ1) is 27.5. The second kappa shape index (κ2) is 11.0. The Labute approximate surface area is 238 Å². The van der Waals surface area contributed by atoms with E-state index in [4.69, 9.17) is 20.6 Å². The van der Waals surface area contributed by atoms with Gasteiger partial charge in [-0.15, -0.1) is 6.42 Å². The zero-order valence-electron chi connectivity index (χ0n) is 23.9. The lowest BCUT2D eigenvalue weighted by molar-refractivity contribution is -0.152. The van der Waals surface area contributed by atoms with Crippen molar-refractivity contribution in [2.75, 3.05) is 33.5 Å². The maximum absolute atomic E-state index is 13.0. The van der Waals surface area contributed by atoms with E-state index in [-0.39, 0.29) is 11.8 Å². The predicted octanol–water partition coefficient (Wildman–Crippen LogP) is 5.79. The standard InChI is InChI=1S/C35H42O5/c1-4-32(36)35(37)16-15-31-29-13-11-26-21-27(40-20-19-39-18-17-38-3)12-14-28(26)33(29)30(22-34(31,35)2)25-9-7-24(8-10-25)23-5-6-23/h1,7-10,12,14,21,23,29-31,33,37H,5-6,11,13,15-20,22H2,2-3H3/t29-,30+,31-,33?,34-,35+/m0/s1. The molecule has 0 bridgehead atoms. The number of aliphatic hydroxyl groups is 1. The molecule has 4 aliphatic carbocycles. The molecule has 5 nitrogen and oxygen atoms in total. The van der Waals surface area contributed by atoms with Crippen LogP contribution in [0.4, 0.5) is 0 Å². The Kier molecular flexibility index (Phi) is 7.55. The van der Waals surface area contributed by atoms with Crippen molar-refractivity contribution in [1.29, 1.82) is 0 Å². The van der Waals surface area contributed by atoms with Crippen molar-refractivity contribution in [3.05, 3.63) is 64.7 Å². The number of fused-ring (bicyclic) bond motifs is 5. The minimum absolute atomic E-state index is 0.203. The molecule has 3 saturated carbocycles. The molecule has 0 aromatic heterocycles. The van der Waals surface area contributed by atoms with E-state index in [1.165, 1.54) is 35.1 Å². The molecular weight excluding hydrogens is 500 g/mol. The van der Waals surface area contributed by atoms with Crippen LogP contribution in [-0.4, -0.2) is 50.0 Å². The lowest BCUT2D eigenvalue weighted by atomic mass is 9.49. The highest BCUT2D eigenvalue weighted by Crippen LogP contribution is 2.68. The van der Waals surface area contributed by atoms with Gasteiger partial charge in [-0.05, 0) is 115 Å². The summed E-state index contributed by atoms with van der Waals surface area (Å²) < 4.78 is 16.6. The minimum Gasteiger partial charge on any atom is -0.491 e. The van der Waals surface area contributed by atoms with Crippen molar-refractivity contribution < 1.29 is 24.1 Å². The molecule has 1 N–H and O–H groups in total. The van der Waals surface area contributed by atoms with E-state index in [1.807, 2.05) is 0 Å². The summed E-state index contributed by atoms with van der Waals surface area (Å²) in [4.78, 5) is 13.0. The van der Waals surface area contributed by atoms with Crippen LogP contribution in [-0.2, 0) is 20.7 Å². The van der Waals surface area contributed by atoms with Crippen molar-refractivity contribution in [2.45, 2.75) is 75.2 Å². The van der Waals surface area contributed by atoms with Crippen LogP contribution in [0, 0.1) is 29.6 Å². The van der Waals surface area contributed by atoms with Crippen LogP contribution in [0.25, 0.3) is 0 Å². The first-order valence-corrected chi connectivity index (χ1v) is 15.0. The molecule has 0 saturated heterocycles. The van der Waals surface area contributed by atoms with Gasteiger partial charge < -0.3 is 19.3 Å². The minimum atomic E-state index is -1.45. The molecule has 3 fully saturated rings. The number of terminal acetylenes is 1. The number of ether oxygens (including phenoxy) is 3. The van der Waals surface area contributed by atoms with E-state index < -0.39 is 16.8 Å². The summed E-state index contributed by atoms with van der Waals surface area (Å²) in [7, 11) is 1.67. The maximum atomic E-state index is 13.0.